The van der Waals surface area contributed by atoms with E-state index in [1.165, 1.54) is 308 Å². The van der Waals surface area contributed by atoms with Crippen molar-refractivity contribution in [2.24, 2.45) is 0 Å². The average molecular weight is 1080 g/mol. The number of esters is 1. The number of ether oxygens (including phenoxy) is 1. The number of hydrogen-bond acceptors (Lipinski definition) is 5. The van der Waals surface area contributed by atoms with Gasteiger partial charge in [0, 0.05) is 12.8 Å². The van der Waals surface area contributed by atoms with Gasteiger partial charge in [0.1, 0.15) is 0 Å². The minimum absolute atomic E-state index is 0.00866. The number of unbranched alkanes of at least 4 members (excludes halogenated alkanes) is 51. The Balaban J connectivity index is 3.29. The molecule has 6 heteroatoms. The highest BCUT2D eigenvalue weighted by molar-refractivity contribution is 5.76. The van der Waals surface area contributed by atoms with Crippen molar-refractivity contribution in [1.82, 2.24) is 5.32 Å². The Hall–Kier alpha value is -1.66. The maximum atomic E-state index is 12.5. The van der Waals surface area contributed by atoms with Crippen molar-refractivity contribution in [1.29, 1.82) is 0 Å². The van der Waals surface area contributed by atoms with E-state index in [9.17, 15) is 19.8 Å². The van der Waals surface area contributed by atoms with Gasteiger partial charge >= 0.3 is 5.97 Å². The molecule has 0 saturated heterocycles. The molecule has 0 aliphatic carbocycles. The number of allylic oxidation sites excluding steroid dienone is 4. The van der Waals surface area contributed by atoms with Crippen LogP contribution in [-0.4, -0.2) is 47.4 Å². The Morgan fingerprint density at radius 3 is 1.00 bits per heavy atom. The largest absolute Gasteiger partial charge is 0.466 e. The smallest absolute Gasteiger partial charge is 0.305 e. The number of amides is 1. The van der Waals surface area contributed by atoms with Crippen LogP contribution in [0, 0.1) is 0 Å². The minimum atomic E-state index is -0.659. The summed E-state index contributed by atoms with van der Waals surface area (Å²) < 4.78 is 5.49. The second kappa shape index (κ2) is 66.8. The van der Waals surface area contributed by atoms with Gasteiger partial charge in [-0.1, -0.05) is 346 Å². The number of aliphatic hydroxyl groups excluding tert-OH is 2. The molecule has 456 valence electrons. The number of aliphatic hydroxyl groups is 2. The fourth-order valence-electron chi connectivity index (χ4n) is 11.1. The molecule has 0 rings (SSSR count). The third-order valence-corrected chi connectivity index (χ3v) is 16.5. The van der Waals surface area contributed by atoms with Crippen LogP contribution in [0.2, 0.25) is 0 Å². The second-order valence-corrected chi connectivity index (χ2v) is 24.2. The molecule has 0 heterocycles. The molecule has 0 bridgehead atoms. The summed E-state index contributed by atoms with van der Waals surface area (Å²) in [5.41, 5.74) is 0. The second-order valence-electron chi connectivity index (χ2n) is 24.2. The van der Waals surface area contributed by atoms with Crippen LogP contribution in [0.4, 0.5) is 0 Å². The molecule has 77 heavy (non-hydrogen) atoms. The molecule has 0 aromatic rings. The van der Waals surface area contributed by atoms with Gasteiger partial charge < -0.3 is 20.3 Å². The van der Waals surface area contributed by atoms with E-state index in [-0.39, 0.29) is 18.5 Å². The standard InChI is InChI=1S/C71H137NO5/c1-3-5-7-9-11-13-15-16-17-38-41-45-49-53-57-61-65-71(76)77-66-62-58-54-50-46-42-39-36-34-32-30-28-26-24-22-20-18-19-21-23-25-27-29-31-33-35-37-40-44-48-52-56-60-64-70(75)72-68(67-73)69(74)63-59-55-51-47-43-14-12-10-8-6-4-2/h13,15,17,38,68-69,73-74H,3-12,14,16,18-37,39-67H2,1-2H3,(H,72,75)/b15-13-,38-17-. The van der Waals surface area contributed by atoms with Crippen molar-refractivity contribution in [3.63, 3.8) is 0 Å². The van der Waals surface area contributed by atoms with E-state index in [2.05, 4.69) is 43.5 Å². The Bertz CT molecular complexity index is 1200. The Morgan fingerprint density at radius 1 is 0.364 bits per heavy atom. The highest BCUT2D eigenvalue weighted by Gasteiger charge is 2.20. The summed E-state index contributed by atoms with van der Waals surface area (Å²) in [5, 5.41) is 23.2. The van der Waals surface area contributed by atoms with E-state index >= 15 is 0 Å². The van der Waals surface area contributed by atoms with Crippen molar-refractivity contribution in [3.05, 3.63) is 24.3 Å². The average Bonchev–Trinajstić information content (AvgIpc) is 3.43. The van der Waals surface area contributed by atoms with Crippen LogP contribution < -0.4 is 5.32 Å². The monoisotopic (exact) mass is 1080 g/mol. The molecule has 1 amide bonds. The van der Waals surface area contributed by atoms with Crippen molar-refractivity contribution in [2.75, 3.05) is 13.2 Å². The molecule has 0 spiro atoms. The van der Waals surface area contributed by atoms with E-state index in [1.807, 2.05) is 0 Å². The zero-order valence-corrected chi connectivity index (χ0v) is 52.2. The molecule has 6 nitrogen and oxygen atoms in total. The van der Waals surface area contributed by atoms with E-state index in [0.717, 1.165) is 51.4 Å². The van der Waals surface area contributed by atoms with Crippen LogP contribution in [0.25, 0.3) is 0 Å². The summed E-state index contributed by atoms with van der Waals surface area (Å²) in [4.78, 5) is 24.5. The van der Waals surface area contributed by atoms with Crippen molar-refractivity contribution in [3.8, 4) is 0 Å². The van der Waals surface area contributed by atoms with Gasteiger partial charge in [-0.15, -0.1) is 0 Å². The number of rotatable bonds is 66. The Morgan fingerprint density at radius 2 is 0.649 bits per heavy atom. The van der Waals surface area contributed by atoms with Gasteiger partial charge in [0.2, 0.25) is 5.91 Å². The first kappa shape index (κ1) is 75.3. The minimum Gasteiger partial charge on any atom is -0.466 e. The topological polar surface area (TPSA) is 95.9 Å². The van der Waals surface area contributed by atoms with Gasteiger partial charge in [-0.25, -0.2) is 0 Å². The van der Waals surface area contributed by atoms with E-state index in [4.69, 9.17) is 4.74 Å². The molecule has 0 aliphatic heterocycles. The van der Waals surface area contributed by atoms with Crippen molar-refractivity contribution < 1.29 is 24.5 Å². The number of nitrogens with one attached hydrogen (secondary N) is 1. The van der Waals surface area contributed by atoms with Crippen molar-refractivity contribution in [2.45, 2.75) is 405 Å². The van der Waals surface area contributed by atoms with Crippen LogP contribution in [-0.2, 0) is 14.3 Å². The molecule has 0 aliphatic rings. The summed E-state index contributed by atoms with van der Waals surface area (Å²) in [6.45, 7) is 4.95. The zero-order valence-electron chi connectivity index (χ0n) is 52.2. The van der Waals surface area contributed by atoms with Gasteiger partial charge in [-0.05, 0) is 57.8 Å². The normalized spacial score (nSPS) is 12.6. The maximum Gasteiger partial charge on any atom is 0.305 e. The van der Waals surface area contributed by atoms with Gasteiger partial charge in [0.25, 0.3) is 0 Å². The summed E-state index contributed by atoms with van der Waals surface area (Å²) in [5.74, 6) is -0.0207. The molecule has 0 fully saturated rings. The number of hydrogen-bond donors (Lipinski definition) is 3. The first-order valence-electron chi connectivity index (χ1n) is 35.1. The SMILES string of the molecule is CCCCCC/C=C\C/C=C\CCCCCCCC(=O)OCCCCCCCCCCCCCCCCCCCCCCCCCCCCCCCCCCCC(=O)NC(CO)C(O)CCCCCCCCCCCCC. The molecule has 0 saturated carbocycles. The van der Waals surface area contributed by atoms with E-state index in [1.54, 1.807) is 0 Å². The molecule has 0 radical (unpaired) electrons. The van der Waals surface area contributed by atoms with Crippen LogP contribution in [0.5, 0.6) is 0 Å². The van der Waals surface area contributed by atoms with Gasteiger partial charge in [-0.2, -0.15) is 0 Å². The van der Waals surface area contributed by atoms with E-state index in [0.29, 0.717) is 25.9 Å². The predicted octanol–water partition coefficient (Wildman–Crippen LogP) is 22.5. The van der Waals surface area contributed by atoms with E-state index < -0.39 is 12.1 Å². The maximum absolute atomic E-state index is 12.5. The molecule has 2 unspecified atom stereocenters. The predicted molar refractivity (Wildman–Crippen MR) is 338 cm³/mol. The number of carbonyl (C=O) groups is 2. The fourth-order valence-corrected chi connectivity index (χ4v) is 11.1. The third kappa shape index (κ3) is 63.4. The summed E-state index contributed by atoms with van der Waals surface area (Å²) >= 11 is 0. The summed E-state index contributed by atoms with van der Waals surface area (Å²) in [6.07, 6.45) is 83.8. The van der Waals surface area contributed by atoms with Gasteiger partial charge in [0.05, 0.1) is 25.4 Å². The highest BCUT2D eigenvalue weighted by atomic mass is 16.5. The van der Waals surface area contributed by atoms with Crippen LogP contribution >= 0.6 is 0 Å². The zero-order chi connectivity index (χ0) is 55.7. The molecular formula is C71H137NO5. The lowest BCUT2D eigenvalue weighted by Crippen LogP contribution is -2.45. The van der Waals surface area contributed by atoms with Crippen molar-refractivity contribution >= 4 is 11.9 Å². The lowest BCUT2D eigenvalue weighted by Gasteiger charge is -2.22. The summed E-state index contributed by atoms with van der Waals surface area (Å²) in [7, 11) is 0. The quantitative estimate of drug-likeness (QED) is 0.0320. The fraction of sp³-hybridized carbons (Fsp3) is 0.915. The van der Waals surface area contributed by atoms with Crippen LogP contribution in [0.3, 0.4) is 0 Å². The summed E-state index contributed by atoms with van der Waals surface area (Å²) in [6, 6.07) is -0.536. The number of carbonyl (C=O) groups excluding carboxylic acids is 2. The molecular weight excluding hydrogens is 947 g/mol. The lowest BCUT2D eigenvalue weighted by atomic mass is 10.0. The molecule has 0 aromatic carbocycles. The highest BCUT2D eigenvalue weighted by Crippen LogP contribution is 2.19. The van der Waals surface area contributed by atoms with Gasteiger partial charge in [-0.3, -0.25) is 9.59 Å². The lowest BCUT2D eigenvalue weighted by molar-refractivity contribution is -0.143. The molecule has 0 aromatic heterocycles. The Kier molecular flexibility index (Phi) is 65.4. The molecule has 2 atom stereocenters. The molecule has 3 N–H and O–H groups in total. The van der Waals surface area contributed by atoms with Gasteiger partial charge in [0.15, 0.2) is 0 Å². The first-order chi connectivity index (χ1) is 38.0. The third-order valence-electron chi connectivity index (χ3n) is 16.5. The van der Waals surface area contributed by atoms with Crippen LogP contribution in [0.1, 0.15) is 393 Å². The van der Waals surface area contributed by atoms with Crippen LogP contribution in [0.15, 0.2) is 24.3 Å². The first-order valence-corrected chi connectivity index (χ1v) is 35.1. The Labute approximate surface area is 481 Å².